The van der Waals surface area contributed by atoms with Crippen LogP contribution in [0.1, 0.15) is 6.23 Å². The highest BCUT2D eigenvalue weighted by atomic mass is 31.2. The molecule has 1 fully saturated rings. The summed E-state index contributed by atoms with van der Waals surface area (Å²) in [6.07, 6.45) is -3.52. The molecule has 1 aromatic heterocycles. The molecular weight excluding hydrogens is 313 g/mol. The first-order valence-electron chi connectivity index (χ1n) is 5.59. The van der Waals surface area contributed by atoms with E-state index >= 15 is 0 Å². The highest BCUT2D eigenvalue weighted by molar-refractivity contribution is 7.46. The van der Waals surface area contributed by atoms with E-state index in [1.807, 2.05) is 0 Å². The first-order chi connectivity index (χ1) is 9.69. The number of rotatable bonds is 5. The minimum absolute atomic E-state index is 0.338. The molecule has 1 aliphatic heterocycles. The van der Waals surface area contributed by atoms with Crippen LogP contribution in [-0.2, 0) is 13.8 Å². The summed E-state index contributed by atoms with van der Waals surface area (Å²) in [4.78, 5) is 27.0. The molecule has 1 aliphatic rings. The Balaban J connectivity index is 2.08. The van der Waals surface area contributed by atoms with Gasteiger partial charge >= 0.3 is 13.5 Å². The molecule has 4 atom stereocenters. The molecule has 1 aromatic rings. The molecule has 0 unspecified atom stereocenters. The predicted octanol–water partition coefficient (Wildman–Crippen LogP) is -1.48. The van der Waals surface area contributed by atoms with Crippen molar-refractivity contribution in [1.29, 1.82) is 0 Å². The van der Waals surface area contributed by atoms with Crippen LogP contribution in [-0.4, -0.2) is 59.6 Å². The lowest BCUT2D eigenvalue weighted by Crippen LogP contribution is -2.33. The van der Waals surface area contributed by atoms with Crippen molar-refractivity contribution in [1.82, 2.24) is 9.78 Å². The Morgan fingerprint density at radius 2 is 2.14 bits per heavy atom. The van der Waals surface area contributed by atoms with E-state index in [0.717, 1.165) is 17.1 Å². The van der Waals surface area contributed by atoms with Crippen LogP contribution >= 0.6 is 7.82 Å². The van der Waals surface area contributed by atoms with E-state index in [1.54, 1.807) is 0 Å². The van der Waals surface area contributed by atoms with Gasteiger partial charge in [-0.05, 0) is 0 Å². The van der Waals surface area contributed by atoms with Crippen molar-refractivity contribution in [3.8, 4) is 0 Å². The first-order valence-corrected chi connectivity index (χ1v) is 7.12. The van der Waals surface area contributed by atoms with Crippen molar-refractivity contribution in [2.24, 2.45) is 0 Å². The molecule has 2 rings (SSSR count). The second-order valence-corrected chi connectivity index (χ2v) is 5.51. The third-order valence-electron chi connectivity index (χ3n) is 2.80. The van der Waals surface area contributed by atoms with E-state index in [4.69, 9.17) is 14.5 Å². The summed E-state index contributed by atoms with van der Waals surface area (Å²) < 4.78 is 20.9. The van der Waals surface area contributed by atoms with Crippen LogP contribution in [0, 0.1) is 10.1 Å². The Kier molecular flexibility index (Phi) is 4.39. The maximum atomic E-state index is 10.6. The van der Waals surface area contributed by atoms with Crippen molar-refractivity contribution in [3.63, 3.8) is 0 Å². The van der Waals surface area contributed by atoms with Gasteiger partial charge in [-0.25, -0.2) is 9.25 Å². The number of aromatic nitrogens is 2. The summed E-state index contributed by atoms with van der Waals surface area (Å²) in [7, 11) is -4.75. The lowest BCUT2D eigenvalue weighted by molar-refractivity contribution is -0.385. The summed E-state index contributed by atoms with van der Waals surface area (Å²) in [6, 6.07) is 0. The van der Waals surface area contributed by atoms with Gasteiger partial charge in [-0.1, -0.05) is 0 Å². The maximum Gasteiger partial charge on any atom is 0.469 e. The van der Waals surface area contributed by atoms with Crippen LogP contribution in [0.25, 0.3) is 0 Å². The molecular formula is C8H12N3O9P. The van der Waals surface area contributed by atoms with Crippen molar-refractivity contribution in [3.05, 3.63) is 22.5 Å². The molecule has 0 aromatic carbocycles. The van der Waals surface area contributed by atoms with E-state index in [1.165, 1.54) is 0 Å². The third-order valence-corrected chi connectivity index (χ3v) is 3.29. The summed E-state index contributed by atoms with van der Waals surface area (Å²) in [5, 5.41) is 33.7. The van der Waals surface area contributed by atoms with Crippen LogP contribution in [0.3, 0.4) is 0 Å². The molecule has 118 valence electrons. The number of nitro groups is 1. The fourth-order valence-electron chi connectivity index (χ4n) is 1.82. The van der Waals surface area contributed by atoms with Gasteiger partial charge in [-0.2, -0.15) is 5.10 Å². The summed E-state index contributed by atoms with van der Waals surface area (Å²) in [5.74, 6) is 0. The Labute approximate surface area is 116 Å². The average Bonchev–Trinajstić information content (AvgIpc) is 2.94. The number of aliphatic hydroxyl groups excluding tert-OH is 2. The zero-order valence-corrected chi connectivity index (χ0v) is 11.2. The normalized spacial score (nSPS) is 29.7. The SMILES string of the molecule is O=[N+]([O-])c1cnn([C@@H]2O[C@H](COP(=O)(O)O)[C@@H](O)[C@H]2O)c1. The summed E-state index contributed by atoms with van der Waals surface area (Å²) in [6.45, 7) is -0.664. The Morgan fingerprint density at radius 3 is 2.67 bits per heavy atom. The van der Waals surface area contributed by atoms with Crippen LogP contribution in [0.5, 0.6) is 0 Å². The van der Waals surface area contributed by atoms with Crippen LogP contribution in [0.2, 0.25) is 0 Å². The number of nitrogens with zero attached hydrogens (tertiary/aromatic N) is 3. The monoisotopic (exact) mass is 325 g/mol. The fraction of sp³-hybridized carbons (Fsp3) is 0.625. The van der Waals surface area contributed by atoms with Gasteiger partial charge < -0.3 is 24.7 Å². The molecule has 1 saturated heterocycles. The molecule has 0 aliphatic carbocycles. The summed E-state index contributed by atoms with van der Waals surface area (Å²) >= 11 is 0. The highest BCUT2D eigenvalue weighted by Gasteiger charge is 2.45. The van der Waals surface area contributed by atoms with Crippen LogP contribution < -0.4 is 0 Å². The third kappa shape index (κ3) is 3.63. The summed E-state index contributed by atoms with van der Waals surface area (Å²) in [5.41, 5.74) is -0.338. The van der Waals surface area contributed by atoms with Crippen molar-refractivity contribution >= 4 is 13.5 Å². The van der Waals surface area contributed by atoms with Gasteiger partial charge in [0.05, 0.1) is 11.5 Å². The van der Waals surface area contributed by atoms with Crippen LogP contribution in [0.15, 0.2) is 12.4 Å². The topological polar surface area (TPSA) is 177 Å². The molecule has 21 heavy (non-hydrogen) atoms. The van der Waals surface area contributed by atoms with Gasteiger partial charge in [0.15, 0.2) is 6.23 Å². The average molecular weight is 325 g/mol. The quantitative estimate of drug-likeness (QED) is 0.283. The predicted molar refractivity (Wildman–Crippen MR) is 62.8 cm³/mol. The molecule has 0 saturated carbocycles. The molecule has 4 N–H and O–H groups in total. The Morgan fingerprint density at radius 1 is 1.48 bits per heavy atom. The fourth-order valence-corrected chi connectivity index (χ4v) is 2.16. The lowest BCUT2D eigenvalue weighted by Gasteiger charge is -2.14. The Hall–Kier alpha value is -1.40. The minimum atomic E-state index is -4.75. The molecule has 0 radical (unpaired) electrons. The van der Waals surface area contributed by atoms with E-state index < -0.39 is 43.9 Å². The second kappa shape index (κ2) is 5.77. The number of phosphoric ester groups is 1. The highest BCUT2D eigenvalue weighted by Crippen LogP contribution is 2.38. The van der Waals surface area contributed by atoms with Crippen molar-refractivity contribution in [2.75, 3.05) is 6.61 Å². The van der Waals surface area contributed by atoms with Gasteiger partial charge in [0, 0.05) is 0 Å². The van der Waals surface area contributed by atoms with Gasteiger partial charge in [-0.15, -0.1) is 0 Å². The molecule has 0 spiro atoms. The van der Waals surface area contributed by atoms with E-state index in [0.29, 0.717) is 0 Å². The number of phosphoric acid groups is 1. The second-order valence-electron chi connectivity index (χ2n) is 4.27. The molecule has 0 bridgehead atoms. The largest absolute Gasteiger partial charge is 0.469 e. The minimum Gasteiger partial charge on any atom is -0.387 e. The van der Waals surface area contributed by atoms with Gasteiger partial charge in [0.2, 0.25) is 0 Å². The number of aliphatic hydroxyl groups is 2. The number of hydrogen-bond acceptors (Lipinski definition) is 8. The van der Waals surface area contributed by atoms with E-state index in [2.05, 4.69) is 9.62 Å². The lowest BCUT2D eigenvalue weighted by atomic mass is 10.1. The van der Waals surface area contributed by atoms with Crippen LogP contribution in [0.4, 0.5) is 5.69 Å². The molecule has 0 amide bonds. The zero-order chi connectivity index (χ0) is 15.8. The first kappa shape index (κ1) is 16.0. The van der Waals surface area contributed by atoms with E-state index in [9.17, 15) is 24.9 Å². The van der Waals surface area contributed by atoms with E-state index in [-0.39, 0.29) is 5.69 Å². The van der Waals surface area contributed by atoms with Crippen molar-refractivity contribution in [2.45, 2.75) is 24.5 Å². The van der Waals surface area contributed by atoms with Gasteiger partial charge in [-0.3, -0.25) is 14.6 Å². The molecule has 13 heteroatoms. The number of hydrogen-bond donors (Lipinski definition) is 4. The number of ether oxygens (including phenoxy) is 1. The molecule has 12 nitrogen and oxygen atoms in total. The van der Waals surface area contributed by atoms with Gasteiger partial charge in [0.1, 0.15) is 30.7 Å². The maximum absolute atomic E-state index is 10.6. The van der Waals surface area contributed by atoms with Crippen molar-refractivity contribution < 1.29 is 38.7 Å². The van der Waals surface area contributed by atoms with Gasteiger partial charge in [0.25, 0.3) is 0 Å². The Bertz CT molecular complexity index is 571. The zero-order valence-electron chi connectivity index (χ0n) is 10.3. The molecule has 2 heterocycles. The standard InChI is InChI=1S/C8H12N3O9P/c12-6-5(3-19-21(16,17)18)20-8(7(6)13)10-2-4(1-9-10)11(14)15/h1-2,5-8,12-13H,3H2,(H2,16,17,18)/t5-,6-,7-,8-/m1/s1. The smallest absolute Gasteiger partial charge is 0.387 e.